The lowest BCUT2D eigenvalue weighted by Gasteiger charge is -2.27. The molecular weight excluding hydrogens is 328 g/mol. The average molecular weight is 339 g/mol. The monoisotopic (exact) mass is 338 g/mol. The van der Waals surface area contributed by atoms with Crippen molar-refractivity contribution in [3.63, 3.8) is 0 Å². The van der Waals surface area contributed by atoms with Gasteiger partial charge in [0.15, 0.2) is 5.82 Å². The Bertz CT molecular complexity index is 642. The molecule has 0 radical (unpaired) electrons. The number of thiol groups is 1. The number of nitrogens with zero attached hydrogens (tertiary/aromatic N) is 4. The minimum Gasteiger partial charge on any atom is -0.329 e. The minimum absolute atomic E-state index is 0.0215. The van der Waals surface area contributed by atoms with Gasteiger partial charge in [-0.1, -0.05) is 15.9 Å². The molecular formula is C12H11BrN4OS. The second-order valence-corrected chi connectivity index (χ2v) is 5.73. The molecule has 0 saturated heterocycles. The third kappa shape index (κ3) is 2.40. The van der Waals surface area contributed by atoms with Gasteiger partial charge in [-0.2, -0.15) is 0 Å². The molecule has 1 aliphatic rings. The van der Waals surface area contributed by atoms with E-state index in [1.807, 2.05) is 16.7 Å². The number of amides is 1. The first-order valence-corrected chi connectivity index (χ1v) is 7.03. The topological polar surface area (TPSA) is 51.0 Å². The molecule has 2 heterocycles. The molecule has 19 heavy (non-hydrogen) atoms. The fraction of sp³-hybridized carbons (Fsp3) is 0.250. The van der Waals surface area contributed by atoms with E-state index in [4.69, 9.17) is 0 Å². The van der Waals surface area contributed by atoms with Crippen LogP contribution in [0.15, 0.2) is 33.9 Å². The van der Waals surface area contributed by atoms with Gasteiger partial charge in [-0.05, 0) is 18.2 Å². The van der Waals surface area contributed by atoms with Crippen molar-refractivity contribution in [3.05, 3.63) is 40.4 Å². The maximum Gasteiger partial charge on any atom is 0.255 e. The van der Waals surface area contributed by atoms with Gasteiger partial charge in [-0.25, -0.2) is 0 Å². The minimum atomic E-state index is -0.0215. The van der Waals surface area contributed by atoms with Crippen LogP contribution in [0.2, 0.25) is 0 Å². The summed E-state index contributed by atoms with van der Waals surface area (Å²) in [6.07, 6.45) is 1.70. The van der Waals surface area contributed by atoms with E-state index in [2.05, 4.69) is 38.8 Å². The second-order valence-electron chi connectivity index (χ2n) is 4.33. The zero-order valence-electron chi connectivity index (χ0n) is 9.95. The number of benzene rings is 1. The van der Waals surface area contributed by atoms with E-state index in [1.165, 1.54) is 0 Å². The second kappa shape index (κ2) is 4.97. The Morgan fingerprint density at radius 3 is 3.00 bits per heavy atom. The Balaban J connectivity index is 1.85. The van der Waals surface area contributed by atoms with Crippen molar-refractivity contribution in [2.45, 2.75) is 18.0 Å². The molecule has 1 aromatic heterocycles. The van der Waals surface area contributed by atoms with Gasteiger partial charge in [0.05, 0.1) is 12.1 Å². The van der Waals surface area contributed by atoms with E-state index in [0.717, 1.165) is 16.8 Å². The van der Waals surface area contributed by atoms with Crippen LogP contribution in [0.4, 0.5) is 0 Å². The van der Waals surface area contributed by atoms with Crippen LogP contribution in [-0.2, 0) is 13.1 Å². The number of aromatic nitrogens is 3. The number of hydrogen-bond acceptors (Lipinski definition) is 4. The third-order valence-electron chi connectivity index (χ3n) is 3.12. The largest absolute Gasteiger partial charge is 0.329 e. The van der Waals surface area contributed by atoms with E-state index >= 15 is 0 Å². The lowest BCUT2D eigenvalue weighted by Crippen LogP contribution is -2.38. The maximum absolute atomic E-state index is 12.5. The van der Waals surface area contributed by atoms with Crippen LogP contribution in [0.25, 0.3) is 0 Å². The lowest BCUT2D eigenvalue weighted by atomic mass is 10.2. The molecule has 0 unspecified atom stereocenters. The fourth-order valence-electron chi connectivity index (χ4n) is 2.10. The van der Waals surface area contributed by atoms with Crippen molar-refractivity contribution in [2.24, 2.45) is 0 Å². The number of carbonyl (C=O) groups is 1. The van der Waals surface area contributed by atoms with E-state index in [-0.39, 0.29) is 5.91 Å². The predicted octanol–water partition coefficient (Wildman–Crippen LogP) is 1.99. The molecule has 0 bridgehead atoms. The van der Waals surface area contributed by atoms with Gasteiger partial charge < -0.3 is 9.47 Å². The van der Waals surface area contributed by atoms with Gasteiger partial charge in [0.25, 0.3) is 5.91 Å². The summed E-state index contributed by atoms with van der Waals surface area (Å²) in [5.74, 6) is 0.796. The highest BCUT2D eigenvalue weighted by Gasteiger charge is 2.23. The van der Waals surface area contributed by atoms with E-state index < -0.39 is 0 Å². The maximum atomic E-state index is 12.5. The smallest absolute Gasteiger partial charge is 0.255 e. The molecule has 0 fully saturated rings. The number of hydrogen-bond donors (Lipinski definition) is 1. The SMILES string of the molecule is O=C(c1ccc(Br)cc1S)N1CCn2cnnc2C1. The molecule has 0 saturated carbocycles. The summed E-state index contributed by atoms with van der Waals surface area (Å²) in [6, 6.07) is 5.45. The van der Waals surface area contributed by atoms with E-state index in [0.29, 0.717) is 23.5 Å². The van der Waals surface area contributed by atoms with Gasteiger partial charge in [-0.3, -0.25) is 4.79 Å². The van der Waals surface area contributed by atoms with Crippen molar-refractivity contribution >= 4 is 34.5 Å². The van der Waals surface area contributed by atoms with Gasteiger partial charge >= 0.3 is 0 Å². The molecule has 1 amide bonds. The Labute approximate surface area is 124 Å². The summed E-state index contributed by atoms with van der Waals surface area (Å²) >= 11 is 7.72. The molecule has 0 spiro atoms. The van der Waals surface area contributed by atoms with Crippen LogP contribution in [0, 0.1) is 0 Å². The quantitative estimate of drug-likeness (QED) is 0.809. The van der Waals surface area contributed by atoms with Crippen molar-refractivity contribution in [3.8, 4) is 0 Å². The van der Waals surface area contributed by atoms with Crippen molar-refractivity contribution < 1.29 is 4.79 Å². The molecule has 0 atom stereocenters. The zero-order chi connectivity index (χ0) is 13.4. The first kappa shape index (κ1) is 12.7. The highest BCUT2D eigenvalue weighted by Crippen LogP contribution is 2.22. The standard InChI is InChI=1S/C12H11BrN4OS/c13-8-1-2-9(10(19)5-8)12(18)16-3-4-17-7-14-15-11(17)6-16/h1-2,5,7,19H,3-4,6H2. The molecule has 1 aliphatic heterocycles. The normalized spacial score (nSPS) is 14.3. The van der Waals surface area contributed by atoms with Crippen LogP contribution >= 0.6 is 28.6 Å². The molecule has 2 aromatic rings. The van der Waals surface area contributed by atoms with Crippen molar-refractivity contribution in [2.75, 3.05) is 6.54 Å². The number of carbonyl (C=O) groups excluding carboxylic acids is 1. The van der Waals surface area contributed by atoms with Gasteiger partial charge in [-0.15, -0.1) is 22.8 Å². The molecule has 0 aliphatic carbocycles. The van der Waals surface area contributed by atoms with E-state index in [1.54, 1.807) is 17.3 Å². The average Bonchev–Trinajstić information content (AvgIpc) is 2.85. The molecule has 1 aromatic carbocycles. The zero-order valence-corrected chi connectivity index (χ0v) is 12.4. The Kier molecular flexibility index (Phi) is 3.32. The molecule has 7 heteroatoms. The number of rotatable bonds is 1. The van der Waals surface area contributed by atoms with Crippen LogP contribution < -0.4 is 0 Å². The molecule has 98 valence electrons. The summed E-state index contributed by atoms with van der Waals surface area (Å²) in [7, 11) is 0. The lowest BCUT2D eigenvalue weighted by molar-refractivity contribution is 0.0704. The molecule has 5 nitrogen and oxygen atoms in total. The van der Waals surface area contributed by atoms with Crippen LogP contribution in [-0.4, -0.2) is 32.1 Å². The Morgan fingerprint density at radius 1 is 1.37 bits per heavy atom. The summed E-state index contributed by atoms with van der Waals surface area (Å²) in [6.45, 7) is 1.88. The van der Waals surface area contributed by atoms with E-state index in [9.17, 15) is 4.79 Å². The highest BCUT2D eigenvalue weighted by molar-refractivity contribution is 9.10. The van der Waals surface area contributed by atoms with Crippen molar-refractivity contribution in [1.29, 1.82) is 0 Å². The van der Waals surface area contributed by atoms with Crippen LogP contribution in [0.3, 0.4) is 0 Å². The molecule has 0 N–H and O–H groups in total. The number of halogens is 1. The number of fused-ring (bicyclic) bond motifs is 1. The van der Waals surface area contributed by atoms with Gasteiger partial charge in [0, 0.05) is 22.5 Å². The van der Waals surface area contributed by atoms with Gasteiger partial charge in [0.1, 0.15) is 6.33 Å². The highest BCUT2D eigenvalue weighted by atomic mass is 79.9. The fourth-order valence-corrected chi connectivity index (χ4v) is 2.94. The summed E-state index contributed by atoms with van der Waals surface area (Å²) in [5, 5.41) is 7.87. The van der Waals surface area contributed by atoms with Crippen LogP contribution in [0.1, 0.15) is 16.2 Å². The Morgan fingerprint density at radius 2 is 2.21 bits per heavy atom. The summed E-state index contributed by atoms with van der Waals surface area (Å²) < 4.78 is 2.87. The summed E-state index contributed by atoms with van der Waals surface area (Å²) in [5.41, 5.74) is 0.611. The Hall–Kier alpha value is -1.34. The molecule has 3 rings (SSSR count). The summed E-state index contributed by atoms with van der Waals surface area (Å²) in [4.78, 5) is 14.9. The van der Waals surface area contributed by atoms with Crippen molar-refractivity contribution in [1.82, 2.24) is 19.7 Å². The third-order valence-corrected chi connectivity index (χ3v) is 3.98. The first-order valence-electron chi connectivity index (χ1n) is 5.79. The van der Waals surface area contributed by atoms with Crippen LogP contribution in [0.5, 0.6) is 0 Å². The first-order chi connectivity index (χ1) is 9.15. The predicted molar refractivity (Wildman–Crippen MR) is 76.2 cm³/mol. The van der Waals surface area contributed by atoms with Gasteiger partial charge in [0.2, 0.25) is 0 Å².